The van der Waals surface area contributed by atoms with Crippen molar-refractivity contribution in [3.05, 3.63) is 0 Å². The average molecular weight is 196 g/mol. The molecule has 0 aromatic carbocycles. The minimum atomic E-state index is 0.585. The molecule has 0 aromatic rings. The van der Waals surface area contributed by atoms with Gasteiger partial charge in [0.15, 0.2) is 0 Å². The summed E-state index contributed by atoms with van der Waals surface area (Å²) in [7, 11) is 0. The summed E-state index contributed by atoms with van der Waals surface area (Å²) in [6.45, 7) is 17.0. The van der Waals surface area contributed by atoms with Gasteiger partial charge in [-0.3, -0.25) is 0 Å². The van der Waals surface area contributed by atoms with E-state index in [0.717, 1.165) is 17.8 Å². The van der Waals surface area contributed by atoms with E-state index in [1.54, 1.807) is 0 Å². The molecule has 0 bridgehead atoms. The van der Waals surface area contributed by atoms with Crippen LogP contribution in [-0.2, 0) is 0 Å². The molecule has 0 radical (unpaired) electrons. The smallest absolute Gasteiger partial charge is 0.0210 e. The van der Waals surface area contributed by atoms with E-state index in [1.165, 1.54) is 12.8 Å². The third kappa shape index (κ3) is 1.26. The van der Waals surface area contributed by atoms with Crippen molar-refractivity contribution >= 4 is 0 Å². The van der Waals surface area contributed by atoms with Gasteiger partial charge in [0, 0.05) is 0 Å². The van der Waals surface area contributed by atoms with E-state index >= 15 is 0 Å². The van der Waals surface area contributed by atoms with Crippen molar-refractivity contribution in [1.29, 1.82) is 0 Å². The van der Waals surface area contributed by atoms with Gasteiger partial charge in [0.1, 0.15) is 0 Å². The third-order valence-corrected chi connectivity index (χ3v) is 5.82. The Morgan fingerprint density at radius 2 is 1.57 bits per heavy atom. The van der Waals surface area contributed by atoms with Crippen LogP contribution >= 0.6 is 0 Å². The number of hydrogen-bond donors (Lipinski definition) is 0. The molecule has 4 unspecified atom stereocenters. The quantitative estimate of drug-likeness (QED) is 0.609. The van der Waals surface area contributed by atoms with Crippen LogP contribution in [0.1, 0.15) is 61.3 Å². The molecule has 0 aromatic heterocycles. The fourth-order valence-corrected chi connectivity index (χ4v) is 3.94. The summed E-state index contributed by atoms with van der Waals surface area (Å²) in [5.74, 6) is 2.60. The van der Waals surface area contributed by atoms with Crippen LogP contribution in [0.15, 0.2) is 0 Å². The van der Waals surface area contributed by atoms with E-state index in [2.05, 4.69) is 48.5 Å². The van der Waals surface area contributed by atoms with Gasteiger partial charge in [-0.2, -0.15) is 0 Å². The Balaban J connectivity index is 2.79. The van der Waals surface area contributed by atoms with E-state index in [1.807, 2.05) is 0 Å². The van der Waals surface area contributed by atoms with Gasteiger partial charge < -0.3 is 0 Å². The van der Waals surface area contributed by atoms with Crippen LogP contribution < -0.4 is 0 Å². The first-order chi connectivity index (χ1) is 6.33. The van der Waals surface area contributed by atoms with Crippen LogP contribution in [0.25, 0.3) is 0 Å². The molecule has 0 saturated heterocycles. The van der Waals surface area contributed by atoms with Crippen molar-refractivity contribution in [1.82, 2.24) is 0 Å². The van der Waals surface area contributed by atoms with Gasteiger partial charge >= 0.3 is 0 Å². The second-order valence-corrected chi connectivity index (χ2v) is 6.13. The Kier molecular flexibility index (Phi) is 3.05. The summed E-state index contributed by atoms with van der Waals surface area (Å²) in [5, 5.41) is 0. The zero-order valence-corrected chi connectivity index (χ0v) is 11.1. The van der Waals surface area contributed by atoms with Crippen LogP contribution in [-0.4, -0.2) is 0 Å². The van der Waals surface area contributed by atoms with Crippen molar-refractivity contribution < 1.29 is 0 Å². The first-order valence-electron chi connectivity index (χ1n) is 6.33. The Morgan fingerprint density at radius 3 is 1.86 bits per heavy atom. The van der Waals surface area contributed by atoms with E-state index in [0.29, 0.717) is 10.8 Å². The van der Waals surface area contributed by atoms with Gasteiger partial charge in [0.2, 0.25) is 0 Å². The van der Waals surface area contributed by atoms with Crippen LogP contribution in [0.4, 0.5) is 0 Å². The largest absolute Gasteiger partial charge is 0.0654 e. The topological polar surface area (TPSA) is 0 Å². The highest BCUT2D eigenvalue weighted by atomic mass is 14.7. The molecule has 1 aliphatic rings. The summed E-state index contributed by atoms with van der Waals surface area (Å²) in [5.41, 5.74) is 1.18. The molecule has 0 heteroatoms. The lowest BCUT2D eigenvalue weighted by Crippen LogP contribution is -2.20. The Bertz CT molecular complexity index is 206. The maximum atomic E-state index is 2.51. The van der Waals surface area contributed by atoms with Crippen LogP contribution in [0, 0.1) is 28.6 Å². The highest BCUT2D eigenvalue weighted by Crippen LogP contribution is 2.75. The summed E-state index contributed by atoms with van der Waals surface area (Å²) >= 11 is 0. The minimum absolute atomic E-state index is 0.585. The highest BCUT2D eigenvalue weighted by Gasteiger charge is 2.70. The molecule has 14 heavy (non-hydrogen) atoms. The maximum absolute atomic E-state index is 2.51. The van der Waals surface area contributed by atoms with Gasteiger partial charge in [0.05, 0.1) is 0 Å². The van der Waals surface area contributed by atoms with Crippen molar-refractivity contribution in [2.24, 2.45) is 28.6 Å². The molecule has 1 rings (SSSR count). The molecule has 0 nitrogen and oxygen atoms in total. The Labute approximate surface area is 90.5 Å². The Morgan fingerprint density at radius 1 is 1.07 bits per heavy atom. The van der Waals surface area contributed by atoms with Gasteiger partial charge in [-0.15, -0.1) is 0 Å². The fraction of sp³-hybridized carbons (Fsp3) is 1.00. The molecule has 0 aliphatic heterocycles. The average Bonchev–Trinajstić information content (AvgIpc) is 2.55. The monoisotopic (exact) mass is 196 g/mol. The molecule has 1 fully saturated rings. The minimum Gasteiger partial charge on any atom is -0.0654 e. The van der Waals surface area contributed by atoms with Crippen LogP contribution in [0.3, 0.4) is 0 Å². The van der Waals surface area contributed by atoms with Crippen molar-refractivity contribution in [3.8, 4) is 0 Å². The van der Waals surface area contributed by atoms with Crippen LogP contribution in [0.5, 0.6) is 0 Å². The number of rotatable bonds is 4. The molecule has 0 amide bonds. The number of hydrogen-bond acceptors (Lipinski definition) is 0. The molecule has 0 heterocycles. The van der Waals surface area contributed by atoms with E-state index in [-0.39, 0.29) is 0 Å². The molecule has 1 saturated carbocycles. The van der Waals surface area contributed by atoms with E-state index < -0.39 is 0 Å². The van der Waals surface area contributed by atoms with Crippen molar-refractivity contribution in [2.45, 2.75) is 61.3 Å². The lowest BCUT2D eigenvalue weighted by molar-refractivity contribution is 0.213. The van der Waals surface area contributed by atoms with Crippen LogP contribution in [0.2, 0.25) is 0 Å². The van der Waals surface area contributed by atoms with Gasteiger partial charge in [-0.05, 0) is 28.6 Å². The molecular weight excluding hydrogens is 168 g/mol. The predicted octanol–water partition coefficient (Wildman–Crippen LogP) is 4.74. The molecular formula is C14H28. The molecule has 4 atom stereocenters. The van der Waals surface area contributed by atoms with E-state index in [9.17, 15) is 0 Å². The summed E-state index contributed by atoms with van der Waals surface area (Å²) < 4.78 is 0. The zero-order valence-electron chi connectivity index (χ0n) is 11.1. The summed E-state index contributed by atoms with van der Waals surface area (Å²) in [4.78, 5) is 0. The second kappa shape index (κ2) is 3.54. The standard InChI is InChI=1S/C14H28/c1-8-9-11(4)14(7)12(5)13(14,6)10(2)3/h10-12H,8-9H2,1-7H3. The molecule has 84 valence electrons. The first-order valence-corrected chi connectivity index (χ1v) is 6.33. The summed E-state index contributed by atoms with van der Waals surface area (Å²) in [6, 6.07) is 0. The normalized spacial score (nSPS) is 44.1. The zero-order chi connectivity index (χ0) is 11.1. The highest BCUT2D eigenvalue weighted by molar-refractivity contribution is 5.17. The Hall–Kier alpha value is 0. The van der Waals surface area contributed by atoms with Gasteiger partial charge in [-0.25, -0.2) is 0 Å². The van der Waals surface area contributed by atoms with Gasteiger partial charge in [0.25, 0.3) is 0 Å². The third-order valence-electron chi connectivity index (χ3n) is 5.82. The fourth-order valence-electron chi connectivity index (χ4n) is 3.94. The summed E-state index contributed by atoms with van der Waals surface area (Å²) in [6.07, 6.45) is 2.72. The van der Waals surface area contributed by atoms with E-state index in [4.69, 9.17) is 0 Å². The first kappa shape index (κ1) is 12.1. The molecule has 0 spiro atoms. The lowest BCUT2D eigenvalue weighted by atomic mass is 9.77. The van der Waals surface area contributed by atoms with Crippen molar-refractivity contribution in [2.75, 3.05) is 0 Å². The maximum Gasteiger partial charge on any atom is -0.0210 e. The lowest BCUT2D eigenvalue weighted by Gasteiger charge is -2.27. The van der Waals surface area contributed by atoms with Crippen molar-refractivity contribution in [3.63, 3.8) is 0 Å². The molecule has 1 aliphatic carbocycles. The van der Waals surface area contributed by atoms with Gasteiger partial charge in [-0.1, -0.05) is 61.3 Å². The molecule has 0 N–H and O–H groups in total. The second-order valence-electron chi connectivity index (χ2n) is 6.13. The SMILES string of the molecule is CCCC(C)C1(C)C(C)C1(C)C(C)C. The predicted molar refractivity (Wildman–Crippen MR) is 64.3 cm³/mol.